The SMILES string of the molecule is Fc1ccc(-n2nc(OC[C@H]3CCCNC3)c3cc(F)ccc32)c(F)c1. The molecule has 136 valence electrons. The van der Waals surface area contributed by atoms with Crippen molar-refractivity contribution in [1.29, 1.82) is 0 Å². The van der Waals surface area contributed by atoms with Crippen LogP contribution >= 0.6 is 0 Å². The lowest BCUT2D eigenvalue weighted by atomic mass is 10.0. The maximum Gasteiger partial charge on any atom is 0.241 e. The first-order valence-electron chi connectivity index (χ1n) is 8.59. The number of ether oxygens (including phenoxy) is 1. The molecule has 0 saturated carbocycles. The van der Waals surface area contributed by atoms with E-state index in [1.807, 2.05) is 0 Å². The lowest BCUT2D eigenvalue weighted by molar-refractivity contribution is 0.213. The summed E-state index contributed by atoms with van der Waals surface area (Å²) in [4.78, 5) is 0. The number of halogens is 3. The summed E-state index contributed by atoms with van der Waals surface area (Å²) >= 11 is 0. The van der Waals surface area contributed by atoms with Crippen LogP contribution in [0.5, 0.6) is 5.88 Å². The largest absolute Gasteiger partial charge is 0.476 e. The lowest BCUT2D eigenvalue weighted by Gasteiger charge is -2.22. The van der Waals surface area contributed by atoms with Crippen molar-refractivity contribution < 1.29 is 17.9 Å². The summed E-state index contributed by atoms with van der Waals surface area (Å²) in [6.45, 7) is 2.31. The Balaban J connectivity index is 1.72. The van der Waals surface area contributed by atoms with Gasteiger partial charge in [0.25, 0.3) is 0 Å². The van der Waals surface area contributed by atoms with Crippen molar-refractivity contribution in [2.45, 2.75) is 12.8 Å². The molecule has 26 heavy (non-hydrogen) atoms. The van der Waals surface area contributed by atoms with E-state index >= 15 is 0 Å². The maximum atomic E-state index is 14.2. The minimum absolute atomic E-state index is 0.0807. The Labute approximate surface area is 148 Å². The van der Waals surface area contributed by atoms with E-state index in [0.29, 0.717) is 23.4 Å². The highest BCUT2D eigenvalue weighted by molar-refractivity contribution is 5.86. The number of nitrogens with one attached hydrogen (secondary N) is 1. The Morgan fingerprint density at radius 1 is 1.12 bits per heavy atom. The van der Waals surface area contributed by atoms with Crippen LogP contribution in [0.1, 0.15) is 12.8 Å². The van der Waals surface area contributed by atoms with Crippen LogP contribution < -0.4 is 10.1 Å². The highest BCUT2D eigenvalue weighted by Crippen LogP contribution is 2.30. The van der Waals surface area contributed by atoms with Gasteiger partial charge < -0.3 is 10.1 Å². The molecule has 0 bridgehead atoms. The normalized spacial score (nSPS) is 17.6. The first-order valence-corrected chi connectivity index (χ1v) is 8.59. The number of hydrogen-bond donors (Lipinski definition) is 1. The molecule has 2 aromatic carbocycles. The van der Waals surface area contributed by atoms with E-state index in [2.05, 4.69) is 10.4 Å². The van der Waals surface area contributed by atoms with Gasteiger partial charge in [-0.15, -0.1) is 5.10 Å². The van der Waals surface area contributed by atoms with Gasteiger partial charge in [-0.1, -0.05) is 0 Å². The van der Waals surface area contributed by atoms with Gasteiger partial charge in [0.1, 0.15) is 17.3 Å². The summed E-state index contributed by atoms with van der Waals surface area (Å²) in [6, 6.07) is 7.35. The van der Waals surface area contributed by atoms with Crippen LogP contribution in [0.3, 0.4) is 0 Å². The van der Waals surface area contributed by atoms with Gasteiger partial charge in [-0.25, -0.2) is 17.9 Å². The van der Waals surface area contributed by atoms with E-state index in [1.165, 1.54) is 28.9 Å². The van der Waals surface area contributed by atoms with Crippen LogP contribution in [-0.2, 0) is 0 Å². The number of piperidine rings is 1. The fourth-order valence-corrected chi connectivity index (χ4v) is 3.27. The van der Waals surface area contributed by atoms with Gasteiger partial charge in [0.15, 0.2) is 5.82 Å². The minimum atomic E-state index is -0.748. The number of aromatic nitrogens is 2. The highest BCUT2D eigenvalue weighted by atomic mass is 19.1. The second kappa shape index (κ2) is 6.99. The quantitative estimate of drug-likeness (QED) is 0.768. The van der Waals surface area contributed by atoms with Crippen molar-refractivity contribution in [1.82, 2.24) is 15.1 Å². The van der Waals surface area contributed by atoms with E-state index in [0.717, 1.165) is 38.1 Å². The van der Waals surface area contributed by atoms with E-state index in [1.54, 1.807) is 0 Å². The van der Waals surface area contributed by atoms with E-state index in [-0.39, 0.29) is 11.6 Å². The molecule has 7 heteroatoms. The predicted molar refractivity (Wildman–Crippen MR) is 92.0 cm³/mol. The number of nitrogens with zero attached hydrogens (tertiary/aromatic N) is 2. The third-order valence-electron chi connectivity index (χ3n) is 4.60. The van der Waals surface area contributed by atoms with Gasteiger partial charge in [-0.2, -0.15) is 0 Å². The fraction of sp³-hybridized carbons (Fsp3) is 0.316. The van der Waals surface area contributed by atoms with E-state index in [9.17, 15) is 13.2 Å². The average molecular weight is 361 g/mol. The molecule has 1 aromatic heterocycles. The van der Waals surface area contributed by atoms with Gasteiger partial charge >= 0.3 is 0 Å². The van der Waals surface area contributed by atoms with Crippen LogP contribution in [0.25, 0.3) is 16.6 Å². The van der Waals surface area contributed by atoms with Gasteiger partial charge in [-0.05, 0) is 49.7 Å². The molecule has 1 atom stereocenters. The number of hydrogen-bond acceptors (Lipinski definition) is 3. The lowest BCUT2D eigenvalue weighted by Crippen LogP contribution is -2.33. The molecule has 2 heterocycles. The third-order valence-corrected chi connectivity index (χ3v) is 4.60. The molecule has 1 aliphatic heterocycles. The molecule has 0 unspecified atom stereocenters. The standard InChI is InChI=1S/C19H18F3N3O/c20-13-3-5-17-15(8-13)19(26-11-12-2-1-7-23-10-12)24-25(17)18-6-4-14(21)9-16(18)22/h3-6,8-9,12,23H,1-2,7,10-11H2/t12-/m0/s1. The summed E-state index contributed by atoms with van der Waals surface area (Å²) in [5.74, 6) is -1.26. The number of rotatable bonds is 4. The minimum Gasteiger partial charge on any atom is -0.476 e. The van der Waals surface area contributed by atoms with E-state index in [4.69, 9.17) is 4.74 Å². The van der Waals surface area contributed by atoms with Crippen molar-refractivity contribution in [3.8, 4) is 11.6 Å². The summed E-state index contributed by atoms with van der Waals surface area (Å²) < 4.78 is 48.3. The van der Waals surface area contributed by atoms with Crippen LogP contribution in [0.15, 0.2) is 36.4 Å². The predicted octanol–water partition coefficient (Wildman–Crippen LogP) is 3.82. The molecule has 4 rings (SSSR count). The van der Waals surface area contributed by atoms with Crippen LogP contribution in [0, 0.1) is 23.4 Å². The molecule has 4 nitrogen and oxygen atoms in total. The Morgan fingerprint density at radius 2 is 1.92 bits per heavy atom. The van der Waals surface area contributed by atoms with E-state index < -0.39 is 17.5 Å². The second-order valence-corrected chi connectivity index (χ2v) is 6.50. The molecule has 0 radical (unpaired) electrons. The number of fused-ring (bicyclic) bond motifs is 1. The molecule has 3 aromatic rings. The van der Waals surface area contributed by atoms with Crippen molar-refractivity contribution in [2.24, 2.45) is 5.92 Å². The molecule has 1 saturated heterocycles. The smallest absolute Gasteiger partial charge is 0.241 e. The molecular weight excluding hydrogens is 343 g/mol. The molecule has 0 amide bonds. The molecule has 0 aliphatic carbocycles. The molecule has 1 N–H and O–H groups in total. The van der Waals surface area contributed by atoms with Crippen LogP contribution in [0.4, 0.5) is 13.2 Å². The molecular formula is C19H18F3N3O. The molecule has 1 fully saturated rings. The summed E-state index contributed by atoms with van der Waals surface area (Å²) in [7, 11) is 0. The van der Waals surface area contributed by atoms with Crippen molar-refractivity contribution in [3.05, 3.63) is 53.8 Å². The Bertz CT molecular complexity index is 935. The molecule has 1 aliphatic rings. The first kappa shape index (κ1) is 16.9. The molecule has 0 spiro atoms. The van der Waals surface area contributed by atoms with Crippen molar-refractivity contribution in [2.75, 3.05) is 19.7 Å². The highest BCUT2D eigenvalue weighted by Gasteiger charge is 2.19. The Hall–Kier alpha value is -2.54. The monoisotopic (exact) mass is 361 g/mol. The van der Waals surface area contributed by atoms with Gasteiger partial charge in [0.2, 0.25) is 5.88 Å². The second-order valence-electron chi connectivity index (χ2n) is 6.50. The summed E-state index contributed by atoms with van der Waals surface area (Å²) in [6.07, 6.45) is 2.13. The zero-order chi connectivity index (χ0) is 18.1. The van der Waals surface area contributed by atoms with Gasteiger partial charge in [-0.3, -0.25) is 0 Å². The van der Waals surface area contributed by atoms with Crippen LogP contribution in [-0.4, -0.2) is 29.5 Å². The average Bonchev–Trinajstić information content (AvgIpc) is 2.98. The summed E-state index contributed by atoms with van der Waals surface area (Å²) in [5.41, 5.74) is 0.575. The van der Waals surface area contributed by atoms with Gasteiger partial charge in [0.05, 0.1) is 17.5 Å². The first-order chi connectivity index (χ1) is 12.6. The third kappa shape index (κ3) is 3.26. The number of benzene rings is 2. The Morgan fingerprint density at radius 3 is 2.69 bits per heavy atom. The maximum absolute atomic E-state index is 14.2. The Kier molecular flexibility index (Phi) is 4.55. The topological polar surface area (TPSA) is 39.1 Å². The zero-order valence-corrected chi connectivity index (χ0v) is 14.0. The summed E-state index contributed by atoms with van der Waals surface area (Å²) in [5, 5.41) is 8.09. The van der Waals surface area contributed by atoms with Crippen molar-refractivity contribution >= 4 is 10.9 Å². The van der Waals surface area contributed by atoms with Gasteiger partial charge in [0, 0.05) is 18.5 Å². The zero-order valence-electron chi connectivity index (χ0n) is 14.0. The fourth-order valence-electron chi connectivity index (χ4n) is 3.27. The van der Waals surface area contributed by atoms with Crippen LogP contribution in [0.2, 0.25) is 0 Å². The van der Waals surface area contributed by atoms with Crippen molar-refractivity contribution in [3.63, 3.8) is 0 Å².